The molecule has 2 aliphatic rings. The van der Waals surface area contributed by atoms with Crippen molar-refractivity contribution < 1.29 is 9.47 Å². The van der Waals surface area contributed by atoms with Crippen LogP contribution in [0.1, 0.15) is 73.6 Å². The molecule has 4 heteroatoms. The Hall–Kier alpha value is -2.98. The first-order chi connectivity index (χ1) is 19.2. The molecule has 39 heavy (non-hydrogen) atoms. The Morgan fingerprint density at radius 3 is 2.46 bits per heavy atom. The maximum absolute atomic E-state index is 6.05. The van der Waals surface area contributed by atoms with Crippen LogP contribution in [0.2, 0.25) is 0 Å². The quantitative estimate of drug-likeness (QED) is 0.278. The molecule has 0 amide bonds. The maximum Gasteiger partial charge on any atom is 0.119 e. The van der Waals surface area contributed by atoms with Gasteiger partial charge in [0.25, 0.3) is 0 Å². The van der Waals surface area contributed by atoms with E-state index in [4.69, 9.17) is 9.47 Å². The Labute approximate surface area is 235 Å². The van der Waals surface area contributed by atoms with Crippen molar-refractivity contribution in [1.29, 1.82) is 0 Å². The maximum atomic E-state index is 6.05. The van der Waals surface area contributed by atoms with Gasteiger partial charge in [-0.1, -0.05) is 49.2 Å². The topological polar surface area (TPSA) is 33.7 Å². The minimum atomic E-state index is 0.399. The molecular formula is C35H46N2O2. The van der Waals surface area contributed by atoms with Gasteiger partial charge in [0, 0.05) is 18.3 Å². The van der Waals surface area contributed by atoms with E-state index in [1.807, 2.05) is 0 Å². The summed E-state index contributed by atoms with van der Waals surface area (Å²) in [5.41, 5.74) is 7.02. The minimum absolute atomic E-state index is 0.399. The predicted octanol–water partition coefficient (Wildman–Crippen LogP) is 7.66. The van der Waals surface area contributed by atoms with Crippen molar-refractivity contribution in [2.75, 3.05) is 38.7 Å². The molecule has 5 rings (SSSR count). The lowest BCUT2D eigenvalue weighted by Gasteiger charge is -2.28. The Kier molecular flexibility index (Phi) is 9.82. The number of methoxy groups -OCH3 is 1. The zero-order chi connectivity index (χ0) is 26.9. The van der Waals surface area contributed by atoms with Gasteiger partial charge in [-0.05, 0) is 123 Å². The van der Waals surface area contributed by atoms with Gasteiger partial charge in [-0.15, -0.1) is 0 Å². The van der Waals surface area contributed by atoms with Crippen molar-refractivity contribution in [2.24, 2.45) is 0 Å². The van der Waals surface area contributed by atoms with Crippen molar-refractivity contribution in [3.8, 4) is 11.5 Å². The number of benzene rings is 3. The lowest BCUT2D eigenvalue weighted by atomic mass is 9.79. The molecule has 4 nitrogen and oxygen atoms in total. The fourth-order valence-corrected chi connectivity index (χ4v) is 6.23. The van der Waals surface area contributed by atoms with E-state index in [0.29, 0.717) is 12.0 Å². The van der Waals surface area contributed by atoms with E-state index < -0.39 is 0 Å². The van der Waals surface area contributed by atoms with Crippen molar-refractivity contribution >= 4 is 5.69 Å². The molecule has 0 saturated carbocycles. The summed E-state index contributed by atoms with van der Waals surface area (Å²) in [5.74, 6) is 2.50. The van der Waals surface area contributed by atoms with Gasteiger partial charge in [0.15, 0.2) is 0 Å². The molecule has 0 spiro atoms. The van der Waals surface area contributed by atoms with Crippen LogP contribution >= 0.6 is 0 Å². The first-order valence-corrected chi connectivity index (χ1v) is 15.1. The Morgan fingerprint density at radius 1 is 0.897 bits per heavy atom. The number of anilines is 1. The molecule has 1 saturated heterocycles. The van der Waals surface area contributed by atoms with Crippen molar-refractivity contribution in [3.05, 3.63) is 89.0 Å². The molecule has 208 valence electrons. The second-order valence-electron chi connectivity index (χ2n) is 11.5. The van der Waals surface area contributed by atoms with Gasteiger partial charge < -0.3 is 14.8 Å². The average molecular weight is 527 g/mol. The van der Waals surface area contributed by atoms with Crippen LogP contribution in [0, 0.1) is 0 Å². The molecule has 1 aliphatic heterocycles. The molecule has 3 aromatic rings. The molecule has 0 aromatic heterocycles. The van der Waals surface area contributed by atoms with E-state index in [0.717, 1.165) is 50.3 Å². The van der Waals surface area contributed by atoms with Gasteiger partial charge in [-0.25, -0.2) is 0 Å². The average Bonchev–Trinajstić information content (AvgIpc) is 3.25. The summed E-state index contributed by atoms with van der Waals surface area (Å²) in [7, 11) is 1.75. The minimum Gasteiger partial charge on any atom is -0.497 e. The summed E-state index contributed by atoms with van der Waals surface area (Å²) in [6.45, 7) is 6.57. The standard InChI is InChI=1S/C35H46N2O2/c1-27(11-12-28-13-18-32(19-14-28)39-24-23-37-21-7-3-4-8-22-37)36-35-10-6-5-9-34(35)31-16-15-30-26-33(38-2)20-17-29(30)25-31/h5-6,9-10,13-14,17-20,26-27,31,36H,3-4,7-8,11-12,15-16,21-25H2,1-2H3. The summed E-state index contributed by atoms with van der Waals surface area (Å²) >= 11 is 0. The van der Waals surface area contributed by atoms with Gasteiger partial charge in [-0.2, -0.15) is 0 Å². The van der Waals surface area contributed by atoms with Gasteiger partial charge in [-0.3, -0.25) is 4.90 Å². The lowest BCUT2D eigenvalue weighted by molar-refractivity contribution is 0.214. The zero-order valence-electron chi connectivity index (χ0n) is 24.0. The SMILES string of the molecule is COc1ccc2c(c1)CCC(c1ccccc1NC(C)CCc1ccc(OCCN3CCCCCC3)cc1)C2. The first-order valence-electron chi connectivity index (χ1n) is 15.1. The highest BCUT2D eigenvalue weighted by atomic mass is 16.5. The Bertz CT molecular complexity index is 1170. The van der Waals surface area contributed by atoms with Crippen LogP contribution in [0.25, 0.3) is 0 Å². The van der Waals surface area contributed by atoms with Crippen LogP contribution < -0.4 is 14.8 Å². The number of aryl methyl sites for hydroxylation is 2. The molecule has 2 atom stereocenters. The van der Waals surface area contributed by atoms with Crippen LogP contribution in [0.5, 0.6) is 11.5 Å². The highest BCUT2D eigenvalue weighted by Crippen LogP contribution is 2.37. The summed E-state index contributed by atoms with van der Waals surface area (Å²) in [6.07, 6.45) is 11.0. The Morgan fingerprint density at radius 2 is 1.67 bits per heavy atom. The largest absolute Gasteiger partial charge is 0.497 e. The van der Waals surface area contributed by atoms with Crippen molar-refractivity contribution in [3.63, 3.8) is 0 Å². The second kappa shape index (κ2) is 13.9. The first kappa shape index (κ1) is 27.6. The van der Waals surface area contributed by atoms with E-state index in [1.165, 1.54) is 73.1 Å². The third kappa shape index (κ3) is 7.79. The number of hydrogen-bond acceptors (Lipinski definition) is 4. The molecule has 0 bridgehead atoms. The summed E-state index contributed by atoms with van der Waals surface area (Å²) < 4.78 is 11.5. The number of fused-ring (bicyclic) bond motifs is 1. The van der Waals surface area contributed by atoms with Gasteiger partial charge >= 0.3 is 0 Å². The van der Waals surface area contributed by atoms with Crippen molar-refractivity contribution in [2.45, 2.75) is 76.7 Å². The normalized spacial score (nSPS) is 18.6. The smallest absolute Gasteiger partial charge is 0.119 e. The van der Waals surface area contributed by atoms with Crippen molar-refractivity contribution in [1.82, 2.24) is 4.90 Å². The number of nitrogens with one attached hydrogen (secondary N) is 1. The third-order valence-corrected chi connectivity index (χ3v) is 8.61. The van der Waals surface area contributed by atoms with Crippen LogP contribution in [-0.4, -0.2) is 44.3 Å². The lowest BCUT2D eigenvalue weighted by Crippen LogP contribution is -2.29. The number of nitrogens with zero attached hydrogens (tertiary/aromatic N) is 1. The number of rotatable bonds is 11. The summed E-state index contributed by atoms with van der Waals surface area (Å²) in [6, 6.07) is 24.6. The fraction of sp³-hybridized carbons (Fsp3) is 0.486. The number of likely N-dealkylation sites (tertiary alicyclic amines) is 1. The van der Waals surface area contributed by atoms with Gasteiger partial charge in [0.1, 0.15) is 18.1 Å². The number of para-hydroxylation sites is 1. The van der Waals surface area contributed by atoms with Gasteiger partial charge in [0.2, 0.25) is 0 Å². The van der Waals surface area contributed by atoms with E-state index >= 15 is 0 Å². The Balaban J connectivity index is 1.09. The molecule has 2 unspecified atom stereocenters. The summed E-state index contributed by atoms with van der Waals surface area (Å²) in [5, 5.41) is 3.85. The second-order valence-corrected chi connectivity index (χ2v) is 11.5. The van der Waals surface area contributed by atoms with Crippen LogP contribution in [0.15, 0.2) is 66.7 Å². The molecule has 1 fully saturated rings. The van der Waals surface area contributed by atoms with E-state index in [-0.39, 0.29) is 0 Å². The third-order valence-electron chi connectivity index (χ3n) is 8.61. The van der Waals surface area contributed by atoms with Crippen LogP contribution in [-0.2, 0) is 19.3 Å². The zero-order valence-corrected chi connectivity index (χ0v) is 24.0. The number of ether oxygens (including phenoxy) is 2. The predicted molar refractivity (Wildman–Crippen MR) is 162 cm³/mol. The number of hydrogen-bond donors (Lipinski definition) is 1. The van der Waals surface area contributed by atoms with E-state index in [9.17, 15) is 0 Å². The van der Waals surface area contributed by atoms with Gasteiger partial charge in [0.05, 0.1) is 7.11 Å². The molecule has 0 radical (unpaired) electrons. The molecule has 3 aromatic carbocycles. The monoisotopic (exact) mass is 526 g/mol. The highest BCUT2D eigenvalue weighted by Gasteiger charge is 2.23. The highest BCUT2D eigenvalue weighted by molar-refractivity contribution is 5.54. The molecular weight excluding hydrogens is 480 g/mol. The fourth-order valence-electron chi connectivity index (χ4n) is 6.23. The van der Waals surface area contributed by atoms with Crippen LogP contribution in [0.4, 0.5) is 5.69 Å². The van der Waals surface area contributed by atoms with E-state index in [2.05, 4.69) is 83.9 Å². The van der Waals surface area contributed by atoms with Crippen LogP contribution in [0.3, 0.4) is 0 Å². The van der Waals surface area contributed by atoms with E-state index in [1.54, 1.807) is 7.11 Å². The molecule has 1 heterocycles. The summed E-state index contributed by atoms with van der Waals surface area (Å²) in [4.78, 5) is 2.55. The molecule has 1 aliphatic carbocycles. The molecule has 1 N–H and O–H groups in total.